The lowest BCUT2D eigenvalue weighted by Crippen LogP contribution is -2.50. The maximum Gasteiger partial charge on any atom is 0.408 e. The van der Waals surface area contributed by atoms with E-state index in [-0.39, 0.29) is 34.4 Å². The molecule has 0 aliphatic heterocycles. The highest BCUT2D eigenvalue weighted by Crippen LogP contribution is 2.38. The van der Waals surface area contributed by atoms with Crippen molar-refractivity contribution in [2.45, 2.75) is 31.2 Å². The second-order valence-corrected chi connectivity index (χ2v) is 13.9. The Bertz CT molecular complexity index is 2180. The zero-order valence-corrected chi connectivity index (χ0v) is 32.7. The van der Waals surface area contributed by atoms with Gasteiger partial charge in [-0.05, 0) is 86.6 Å². The lowest BCUT2D eigenvalue weighted by atomic mass is 9.98. The number of benzene rings is 4. The summed E-state index contributed by atoms with van der Waals surface area (Å²) in [5.74, 6) is -2.09. The van der Waals surface area contributed by atoms with E-state index in [2.05, 4.69) is 38.2 Å². The molecule has 0 bridgehead atoms. The number of nitrogens with one attached hydrogen (secondary N) is 3. The number of nitrogens with two attached hydrogens (primary N) is 1. The summed E-state index contributed by atoms with van der Waals surface area (Å²) in [4.78, 5) is 54.8. The molecule has 1 aromatic heterocycles. The van der Waals surface area contributed by atoms with Crippen LogP contribution in [0.4, 0.5) is 4.79 Å². The fraction of sp³-hybridized carbons (Fsp3) is 0.211. The van der Waals surface area contributed by atoms with Gasteiger partial charge in [0.1, 0.15) is 24.4 Å². The number of aromatic nitrogens is 1. The van der Waals surface area contributed by atoms with Crippen LogP contribution in [0.15, 0.2) is 78.9 Å². The summed E-state index contributed by atoms with van der Waals surface area (Å²) >= 11 is 14.7. The Kier molecular flexibility index (Phi) is 13.3. The van der Waals surface area contributed by atoms with E-state index >= 15 is 0 Å². The first-order valence-electron chi connectivity index (χ1n) is 16.2. The molecule has 0 saturated heterocycles. The summed E-state index contributed by atoms with van der Waals surface area (Å²) in [6, 6.07) is 18.6. The van der Waals surface area contributed by atoms with Crippen LogP contribution in [0, 0.1) is 3.57 Å². The molecule has 0 spiro atoms. The summed E-state index contributed by atoms with van der Waals surface area (Å²) in [6.07, 6.45) is -0.983. The number of hydrogen-bond donors (Lipinski definition) is 5. The summed E-state index contributed by atoms with van der Waals surface area (Å²) < 4.78 is 21.8. The van der Waals surface area contributed by atoms with E-state index in [1.54, 1.807) is 49.6 Å². The van der Waals surface area contributed by atoms with E-state index in [0.717, 1.165) is 20.1 Å². The minimum atomic E-state index is -1.59. The van der Waals surface area contributed by atoms with Crippen molar-refractivity contribution in [3.05, 3.63) is 115 Å². The highest BCUT2D eigenvalue weighted by molar-refractivity contribution is 14.1. The Balaban J connectivity index is 1.45. The Morgan fingerprint density at radius 1 is 0.870 bits per heavy atom. The molecule has 0 radical (unpaired) electrons. The van der Waals surface area contributed by atoms with Gasteiger partial charge in [-0.3, -0.25) is 9.59 Å². The van der Waals surface area contributed by atoms with Gasteiger partial charge in [0, 0.05) is 23.2 Å². The number of fused-ring (bicyclic) bond motifs is 1. The van der Waals surface area contributed by atoms with Gasteiger partial charge < -0.3 is 45.4 Å². The molecule has 54 heavy (non-hydrogen) atoms. The Morgan fingerprint density at radius 3 is 2.19 bits per heavy atom. The summed E-state index contributed by atoms with van der Waals surface area (Å²) in [5, 5.41) is 16.1. The van der Waals surface area contributed by atoms with Gasteiger partial charge in [0.25, 0.3) is 0 Å². The molecule has 0 fully saturated rings. The first-order chi connectivity index (χ1) is 25.8. The molecule has 5 aromatic rings. The number of halogens is 3. The van der Waals surface area contributed by atoms with Crippen LogP contribution in [0.5, 0.6) is 11.5 Å². The van der Waals surface area contributed by atoms with Crippen molar-refractivity contribution in [1.29, 1.82) is 0 Å². The van der Waals surface area contributed by atoms with Crippen LogP contribution in [0.25, 0.3) is 22.0 Å². The van der Waals surface area contributed by atoms with Crippen LogP contribution in [0.3, 0.4) is 0 Å². The third kappa shape index (κ3) is 9.36. The number of methoxy groups -OCH3 is 3. The number of alkyl carbamates (subject to hydrolysis) is 1. The maximum atomic E-state index is 13.8. The van der Waals surface area contributed by atoms with Crippen molar-refractivity contribution in [3.8, 4) is 22.6 Å². The number of carboxylic acids is 1. The molecule has 2 amide bonds. The topological polar surface area (TPSA) is 191 Å². The molecule has 1 unspecified atom stereocenters. The van der Waals surface area contributed by atoms with Crippen molar-refractivity contribution in [2.75, 3.05) is 21.3 Å². The molecule has 5 rings (SSSR count). The van der Waals surface area contributed by atoms with Crippen molar-refractivity contribution < 1.29 is 43.2 Å². The second-order valence-electron chi connectivity index (χ2n) is 11.9. The standard InChI is InChI=1S/C38H35Cl2IN4O9/c1-51-33-25(12-22(15-28(33)41)31(42)37(49)53-3)20-9-10-21-11-24(43-29(21)16-20)17-30(44-38(50)54-18-19-7-5-4-6-8-19)35(46)45-32(36(47)48)23-13-26(39)34(52-2)27(40)14-23/h4-16,30-32,43H,17-18,42H2,1-3H3,(H,44,50)(H,45,46)(H,47,48)/t30-,31?,32-/m1/s1. The van der Waals surface area contributed by atoms with Crippen LogP contribution < -0.4 is 25.8 Å². The van der Waals surface area contributed by atoms with Gasteiger partial charge in [0.2, 0.25) is 5.91 Å². The van der Waals surface area contributed by atoms with Crippen LogP contribution >= 0.6 is 45.8 Å². The highest BCUT2D eigenvalue weighted by Gasteiger charge is 2.30. The zero-order chi connectivity index (χ0) is 39.1. The second kappa shape index (κ2) is 17.9. The molecule has 282 valence electrons. The predicted molar refractivity (Wildman–Crippen MR) is 211 cm³/mol. The van der Waals surface area contributed by atoms with Gasteiger partial charge in [-0.25, -0.2) is 9.59 Å². The summed E-state index contributed by atoms with van der Waals surface area (Å²) in [6.45, 7) is -0.0646. The minimum absolute atomic E-state index is 0.0440. The molecule has 6 N–H and O–H groups in total. The molecule has 0 aliphatic carbocycles. The van der Waals surface area contributed by atoms with E-state index < -0.39 is 42.1 Å². The fourth-order valence-electron chi connectivity index (χ4n) is 5.75. The number of carbonyl (C=O) groups is 4. The fourth-order valence-corrected chi connectivity index (χ4v) is 7.28. The quantitative estimate of drug-likeness (QED) is 0.0592. The molecular formula is C38H35Cl2IN4O9. The van der Waals surface area contributed by atoms with Crippen molar-refractivity contribution >= 4 is 80.6 Å². The SMILES string of the molecule is COC(=O)C(N)c1cc(I)c(OC)c(-c2ccc3cc(C[C@@H](NC(=O)OCc4ccccc4)C(=O)N[C@@H](C(=O)O)c4cc(Cl)c(OC)c(Cl)c4)[nH]c3c2)c1. The first-order valence-corrected chi connectivity index (χ1v) is 18.0. The van der Waals surface area contributed by atoms with Crippen LogP contribution in [0.2, 0.25) is 10.0 Å². The van der Waals surface area contributed by atoms with E-state index in [9.17, 15) is 24.3 Å². The smallest absolute Gasteiger partial charge is 0.408 e. The highest BCUT2D eigenvalue weighted by atomic mass is 127. The number of esters is 1. The lowest BCUT2D eigenvalue weighted by molar-refractivity contribution is -0.142. The monoisotopic (exact) mass is 888 g/mol. The van der Waals surface area contributed by atoms with Gasteiger partial charge in [-0.15, -0.1) is 0 Å². The van der Waals surface area contributed by atoms with E-state index in [0.29, 0.717) is 28.1 Å². The molecule has 16 heteroatoms. The molecule has 0 saturated carbocycles. The van der Waals surface area contributed by atoms with Crippen LogP contribution in [-0.2, 0) is 36.9 Å². The Hall–Kier alpha value is -5.03. The van der Waals surface area contributed by atoms with Gasteiger partial charge >= 0.3 is 18.0 Å². The first kappa shape index (κ1) is 40.2. The maximum absolute atomic E-state index is 13.8. The third-order valence-corrected chi connectivity index (χ3v) is 9.77. The number of rotatable bonds is 14. The third-order valence-electron chi connectivity index (χ3n) is 8.41. The number of amides is 2. The van der Waals surface area contributed by atoms with E-state index in [1.165, 1.54) is 26.4 Å². The molecule has 4 aromatic carbocycles. The van der Waals surface area contributed by atoms with Gasteiger partial charge in [0.15, 0.2) is 11.8 Å². The summed E-state index contributed by atoms with van der Waals surface area (Å²) in [7, 11) is 4.17. The number of aromatic amines is 1. The number of hydrogen-bond acceptors (Lipinski definition) is 9. The Morgan fingerprint density at radius 2 is 1.56 bits per heavy atom. The lowest BCUT2D eigenvalue weighted by Gasteiger charge is -2.22. The van der Waals surface area contributed by atoms with Gasteiger partial charge in [-0.1, -0.05) is 65.7 Å². The van der Waals surface area contributed by atoms with Gasteiger partial charge in [-0.2, -0.15) is 0 Å². The van der Waals surface area contributed by atoms with Crippen molar-refractivity contribution in [1.82, 2.24) is 15.6 Å². The van der Waals surface area contributed by atoms with Crippen molar-refractivity contribution in [2.24, 2.45) is 5.73 Å². The van der Waals surface area contributed by atoms with Crippen LogP contribution in [-0.4, -0.2) is 61.4 Å². The number of H-pyrrole nitrogens is 1. The largest absolute Gasteiger partial charge is 0.495 e. The summed E-state index contributed by atoms with van der Waals surface area (Å²) in [5.41, 5.74) is 10.1. The number of aliphatic carboxylic acids is 1. The Labute approximate surface area is 333 Å². The van der Waals surface area contributed by atoms with Crippen molar-refractivity contribution in [3.63, 3.8) is 0 Å². The van der Waals surface area contributed by atoms with Crippen LogP contribution in [0.1, 0.15) is 34.5 Å². The predicted octanol–water partition coefficient (Wildman–Crippen LogP) is 6.72. The number of carboxylic acid groups (broad SMARTS) is 1. The molecule has 1 heterocycles. The number of ether oxygens (including phenoxy) is 4. The zero-order valence-electron chi connectivity index (χ0n) is 29.1. The minimum Gasteiger partial charge on any atom is -0.495 e. The molecule has 13 nitrogen and oxygen atoms in total. The van der Waals surface area contributed by atoms with E-state index in [4.69, 9.17) is 47.9 Å². The molecule has 0 aliphatic rings. The normalized spacial score (nSPS) is 12.6. The molecule has 3 atom stereocenters. The van der Waals surface area contributed by atoms with Gasteiger partial charge in [0.05, 0.1) is 34.9 Å². The average Bonchev–Trinajstić information content (AvgIpc) is 3.56. The van der Waals surface area contributed by atoms with E-state index in [1.807, 2.05) is 24.3 Å². The average molecular weight is 890 g/mol. The number of carbonyl (C=O) groups excluding carboxylic acids is 3. The molecular weight excluding hydrogens is 854 g/mol.